The lowest BCUT2D eigenvalue weighted by molar-refractivity contribution is -0.136. The van der Waals surface area contributed by atoms with Crippen LogP contribution in [0.3, 0.4) is 0 Å². The minimum Gasteiger partial charge on any atom is -0.488 e. The average Bonchev–Trinajstić information content (AvgIpc) is 3.12. The molecule has 3 rings (SSSR count). The summed E-state index contributed by atoms with van der Waals surface area (Å²) in [6.45, 7) is 1.28. The minimum atomic E-state index is -0.654. The zero-order valence-corrected chi connectivity index (χ0v) is 15.1. The van der Waals surface area contributed by atoms with Crippen molar-refractivity contribution in [1.82, 2.24) is 4.90 Å². The predicted molar refractivity (Wildman–Crippen MR) is 94.7 cm³/mol. The molecule has 1 amide bonds. The maximum Gasteiger partial charge on any atom is 0.242 e. The maximum absolute atomic E-state index is 12.6. The fourth-order valence-corrected chi connectivity index (χ4v) is 3.57. The number of benzene rings is 1. The molecule has 23 heavy (non-hydrogen) atoms. The molecule has 2 aliphatic rings. The number of hydrogen-bond acceptors (Lipinski definition) is 3. The summed E-state index contributed by atoms with van der Waals surface area (Å²) in [4.78, 5) is 14.4. The van der Waals surface area contributed by atoms with Crippen molar-refractivity contribution >= 4 is 41.5 Å². The van der Waals surface area contributed by atoms with Crippen molar-refractivity contribution in [3.8, 4) is 5.75 Å². The first-order valence-electron chi connectivity index (χ1n) is 7.68. The number of carbonyl (C=O) groups is 1. The fraction of sp³-hybridized carbons (Fsp3) is 0.562. The van der Waals surface area contributed by atoms with E-state index in [0.29, 0.717) is 28.9 Å². The molecule has 1 saturated heterocycles. The van der Waals surface area contributed by atoms with Gasteiger partial charge in [-0.25, -0.2) is 0 Å². The monoisotopic (exact) mass is 378 g/mol. The van der Waals surface area contributed by atoms with Crippen molar-refractivity contribution in [2.45, 2.75) is 43.7 Å². The van der Waals surface area contributed by atoms with Crippen LogP contribution in [-0.2, 0) is 4.79 Å². The molecule has 2 fully saturated rings. The molecule has 2 N–H and O–H groups in total. The molecule has 1 unspecified atom stereocenters. The third kappa shape index (κ3) is 4.05. The highest BCUT2D eigenvalue weighted by molar-refractivity contribution is 6.42. The smallest absolute Gasteiger partial charge is 0.242 e. The maximum atomic E-state index is 12.6. The second-order valence-electron chi connectivity index (χ2n) is 6.22. The highest BCUT2D eigenvalue weighted by Gasteiger charge is 2.42. The topological polar surface area (TPSA) is 55.6 Å². The average molecular weight is 380 g/mol. The van der Waals surface area contributed by atoms with Crippen LogP contribution in [0.1, 0.15) is 32.1 Å². The van der Waals surface area contributed by atoms with Crippen LogP contribution in [-0.4, -0.2) is 35.5 Å². The second kappa shape index (κ2) is 7.47. The number of likely N-dealkylation sites (tertiary alicyclic amines) is 1. The number of halogens is 3. The van der Waals surface area contributed by atoms with E-state index in [1.807, 2.05) is 4.90 Å². The molecule has 1 heterocycles. The lowest BCUT2D eigenvalue weighted by atomic mass is 9.97. The zero-order valence-electron chi connectivity index (χ0n) is 12.8. The molecule has 1 aromatic rings. The van der Waals surface area contributed by atoms with E-state index in [1.165, 1.54) is 0 Å². The number of nitrogens with two attached hydrogens (primary N) is 1. The number of nitrogens with zero attached hydrogens (tertiary/aromatic N) is 1. The van der Waals surface area contributed by atoms with Crippen molar-refractivity contribution in [3.05, 3.63) is 28.2 Å². The quantitative estimate of drug-likeness (QED) is 0.872. The Morgan fingerprint density at radius 2 is 1.96 bits per heavy atom. The summed E-state index contributed by atoms with van der Waals surface area (Å²) in [6, 6.07) is 5.21. The Kier molecular flexibility index (Phi) is 6.06. The van der Waals surface area contributed by atoms with Crippen molar-refractivity contribution < 1.29 is 9.53 Å². The van der Waals surface area contributed by atoms with Gasteiger partial charge in [0, 0.05) is 19.0 Å². The summed E-state index contributed by atoms with van der Waals surface area (Å²) < 4.78 is 5.91. The van der Waals surface area contributed by atoms with E-state index < -0.39 is 5.54 Å². The number of carbonyl (C=O) groups excluding carboxylic acids is 1. The van der Waals surface area contributed by atoms with Gasteiger partial charge in [0.05, 0.1) is 22.1 Å². The van der Waals surface area contributed by atoms with Crippen LogP contribution in [0, 0.1) is 0 Å². The van der Waals surface area contributed by atoms with Gasteiger partial charge in [-0.05, 0) is 25.0 Å². The van der Waals surface area contributed by atoms with Crippen LogP contribution >= 0.6 is 35.6 Å². The van der Waals surface area contributed by atoms with Gasteiger partial charge >= 0.3 is 0 Å². The summed E-state index contributed by atoms with van der Waals surface area (Å²) in [5.74, 6) is 0.752. The number of rotatable bonds is 3. The number of amides is 1. The molecule has 1 atom stereocenters. The van der Waals surface area contributed by atoms with Gasteiger partial charge < -0.3 is 15.4 Å². The number of ether oxygens (including phenoxy) is 1. The van der Waals surface area contributed by atoms with E-state index in [1.54, 1.807) is 18.2 Å². The van der Waals surface area contributed by atoms with E-state index in [4.69, 9.17) is 33.7 Å². The molecule has 1 aromatic carbocycles. The third-order valence-corrected chi connectivity index (χ3v) is 5.29. The SMILES string of the molecule is Cl.NC1(C(=O)N2CCC(Oc3ccc(Cl)c(Cl)c3)C2)CCCC1. The van der Waals surface area contributed by atoms with Crippen molar-refractivity contribution in [2.24, 2.45) is 5.73 Å². The van der Waals surface area contributed by atoms with Crippen LogP contribution in [0.5, 0.6) is 5.75 Å². The summed E-state index contributed by atoms with van der Waals surface area (Å²) in [6.07, 6.45) is 4.45. The molecule has 128 valence electrons. The summed E-state index contributed by atoms with van der Waals surface area (Å²) in [5.41, 5.74) is 5.60. The first kappa shape index (κ1) is 18.7. The molecule has 0 aromatic heterocycles. The molecule has 1 saturated carbocycles. The summed E-state index contributed by atoms with van der Waals surface area (Å²) >= 11 is 11.9. The highest BCUT2D eigenvalue weighted by Crippen LogP contribution is 2.31. The molecule has 0 bridgehead atoms. The Hall–Kier alpha value is -0.680. The Morgan fingerprint density at radius 1 is 1.26 bits per heavy atom. The molecule has 7 heteroatoms. The lowest BCUT2D eigenvalue weighted by Crippen LogP contribution is -2.53. The predicted octanol–water partition coefficient (Wildman–Crippen LogP) is 3.67. The van der Waals surface area contributed by atoms with Crippen LogP contribution < -0.4 is 10.5 Å². The van der Waals surface area contributed by atoms with E-state index in [0.717, 1.165) is 32.1 Å². The zero-order chi connectivity index (χ0) is 15.7. The molecular weight excluding hydrogens is 359 g/mol. The van der Waals surface area contributed by atoms with Gasteiger partial charge in [0.15, 0.2) is 0 Å². The van der Waals surface area contributed by atoms with E-state index in [-0.39, 0.29) is 24.4 Å². The first-order valence-corrected chi connectivity index (χ1v) is 8.43. The second-order valence-corrected chi connectivity index (χ2v) is 7.03. The van der Waals surface area contributed by atoms with E-state index in [2.05, 4.69) is 0 Å². The lowest BCUT2D eigenvalue weighted by Gasteiger charge is -2.28. The van der Waals surface area contributed by atoms with Gasteiger partial charge in [0.2, 0.25) is 5.91 Å². The van der Waals surface area contributed by atoms with E-state index in [9.17, 15) is 4.79 Å². The largest absolute Gasteiger partial charge is 0.488 e. The fourth-order valence-electron chi connectivity index (χ4n) is 3.29. The molecule has 0 radical (unpaired) electrons. The first-order chi connectivity index (χ1) is 10.5. The van der Waals surface area contributed by atoms with Crippen molar-refractivity contribution in [1.29, 1.82) is 0 Å². The molecule has 1 aliphatic carbocycles. The van der Waals surface area contributed by atoms with E-state index >= 15 is 0 Å². The molecule has 1 aliphatic heterocycles. The Labute approximate surface area is 152 Å². The van der Waals surface area contributed by atoms with Crippen LogP contribution in [0.4, 0.5) is 0 Å². The van der Waals surface area contributed by atoms with Gasteiger partial charge in [-0.1, -0.05) is 36.0 Å². The van der Waals surface area contributed by atoms with Gasteiger partial charge in [-0.2, -0.15) is 0 Å². The molecule has 0 spiro atoms. The van der Waals surface area contributed by atoms with Gasteiger partial charge in [0.25, 0.3) is 0 Å². The van der Waals surface area contributed by atoms with Gasteiger partial charge in [-0.3, -0.25) is 4.79 Å². The Balaban J connectivity index is 0.00000192. The standard InChI is InChI=1S/C16H20Cl2N2O2.ClH/c17-13-4-3-11(9-14(13)18)22-12-5-8-20(10-12)15(21)16(19)6-1-2-7-16;/h3-4,9,12H,1-2,5-8,10,19H2;1H. The summed E-state index contributed by atoms with van der Waals surface area (Å²) in [5, 5.41) is 0.973. The molecular formula is C16H21Cl3N2O2. The van der Waals surface area contributed by atoms with Crippen LogP contribution in [0.2, 0.25) is 10.0 Å². The number of hydrogen-bond donors (Lipinski definition) is 1. The van der Waals surface area contributed by atoms with Crippen molar-refractivity contribution in [3.63, 3.8) is 0 Å². The van der Waals surface area contributed by atoms with Gasteiger partial charge in [-0.15, -0.1) is 12.4 Å². The minimum absolute atomic E-state index is 0. The van der Waals surface area contributed by atoms with Crippen LogP contribution in [0.15, 0.2) is 18.2 Å². The normalized spacial score (nSPS) is 22.7. The Morgan fingerprint density at radius 3 is 2.61 bits per heavy atom. The Bertz CT molecular complexity index is 576. The summed E-state index contributed by atoms with van der Waals surface area (Å²) in [7, 11) is 0. The molecule has 4 nitrogen and oxygen atoms in total. The van der Waals surface area contributed by atoms with Gasteiger partial charge in [0.1, 0.15) is 11.9 Å². The van der Waals surface area contributed by atoms with Crippen molar-refractivity contribution in [2.75, 3.05) is 13.1 Å². The van der Waals surface area contributed by atoms with Crippen LogP contribution in [0.25, 0.3) is 0 Å². The third-order valence-electron chi connectivity index (χ3n) is 4.55. The highest BCUT2D eigenvalue weighted by atomic mass is 35.5.